The molecule has 1 aromatic carbocycles. The van der Waals surface area contributed by atoms with Gasteiger partial charge in [0.25, 0.3) is 5.91 Å². The molecule has 8 nitrogen and oxygen atoms in total. The molecular formula is C15H15N7O. The van der Waals surface area contributed by atoms with E-state index < -0.39 is 0 Å². The SMILES string of the molecule is Cn1nc(-c2ccccc2)cc1C(=O)Nc1nnnn1C1CC1. The summed E-state index contributed by atoms with van der Waals surface area (Å²) in [6.07, 6.45) is 2.08. The number of hydrogen-bond donors (Lipinski definition) is 1. The molecule has 0 bridgehead atoms. The normalized spacial score (nSPS) is 14.0. The number of amides is 1. The van der Waals surface area contributed by atoms with E-state index in [0.717, 1.165) is 24.1 Å². The smallest absolute Gasteiger partial charge is 0.276 e. The molecule has 0 radical (unpaired) electrons. The van der Waals surface area contributed by atoms with Crippen molar-refractivity contribution < 1.29 is 4.79 Å². The van der Waals surface area contributed by atoms with E-state index in [1.165, 1.54) is 0 Å². The highest BCUT2D eigenvalue weighted by atomic mass is 16.2. The molecule has 1 aliphatic carbocycles. The van der Waals surface area contributed by atoms with Crippen molar-refractivity contribution in [2.24, 2.45) is 7.05 Å². The second-order valence-electron chi connectivity index (χ2n) is 5.54. The lowest BCUT2D eigenvalue weighted by atomic mass is 10.1. The zero-order chi connectivity index (χ0) is 15.8. The van der Waals surface area contributed by atoms with Gasteiger partial charge in [0, 0.05) is 12.6 Å². The number of nitrogens with zero attached hydrogens (tertiary/aromatic N) is 6. The molecule has 3 aromatic rings. The Labute approximate surface area is 132 Å². The van der Waals surface area contributed by atoms with E-state index in [9.17, 15) is 4.79 Å². The molecule has 1 aliphatic rings. The molecule has 1 amide bonds. The third-order valence-corrected chi connectivity index (χ3v) is 3.79. The summed E-state index contributed by atoms with van der Waals surface area (Å²) >= 11 is 0. The van der Waals surface area contributed by atoms with Crippen molar-refractivity contribution in [3.63, 3.8) is 0 Å². The second-order valence-corrected chi connectivity index (χ2v) is 5.54. The van der Waals surface area contributed by atoms with Crippen LogP contribution in [0.25, 0.3) is 11.3 Å². The van der Waals surface area contributed by atoms with Crippen LogP contribution in [-0.4, -0.2) is 35.9 Å². The molecule has 1 N–H and O–H groups in total. The molecule has 0 spiro atoms. The second kappa shape index (κ2) is 5.31. The number of carbonyl (C=O) groups excluding carboxylic acids is 1. The van der Waals surface area contributed by atoms with E-state index in [0.29, 0.717) is 17.7 Å². The Morgan fingerprint density at radius 2 is 2.04 bits per heavy atom. The number of nitrogens with one attached hydrogen (secondary N) is 1. The lowest BCUT2D eigenvalue weighted by Gasteiger charge is -2.04. The zero-order valence-corrected chi connectivity index (χ0v) is 12.5. The Morgan fingerprint density at radius 3 is 2.78 bits per heavy atom. The minimum atomic E-state index is -0.279. The van der Waals surface area contributed by atoms with Crippen molar-refractivity contribution in [3.05, 3.63) is 42.1 Å². The van der Waals surface area contributed by atoms with Gasteiger partial charge < -0.3 is 0 Å². The zero-order valence-electron chi connectivity index (χ0n) is 12.5. The first-order valence-corrected chi connectivity index (χ1v) is 7.41. The predicted molar refractivity (Wildman–Crippen MR) is 82.7 cm³/mol. The Balaban J connectivity index is 1.59. The fourth-order valence-electron chi connectivity index (χ4n) is 2.44. The quantitative estimate of drug-likeness (QED) is 0.791. The van der Waals surface area contributed by atoms with Crippen LogP contribution >= 0.6 is 0 Å². The lowest BCUT2D eigenvalue weighted by Crippen LogP contribution is -2.19. The molecule has 2 heterocycles. The van der Waals surface area contributed by atoms with E-state index in [2.05, 4.69) is 25.9 Å². The summed E-state index contributed by atoms with van der Waals surface area (Å²) in [4.78, 5) is 12.5. The minimum absolute atomic E-state index is 0.279. The monoisotopic (exact) mass is 309 g/mol. The molecule has 0 atom stereocenters. The van der Waals surface area contributed by atoms with Crippen LogP contribution in [0, 0.1) is 0 Å². The van der Waals surface area contributed by atoms with Crippen molar-refractivity contribution in [2.75, 3.05) is 5.32 Å². The van der Waals surface area contributed by atoms with Gasteiger partial charge in [-0.2, -0.15) is 5.10 Å². The average molecular weight is 309 g/mol. The van der Waals surface area contributed by atoms with Gasteiger partial charge in [0.2, 0.25) is 5.95 Å². The first-order valence-electron chi connectivity index (χ1n) is 7.41. The maximum absolute atomic E-state index is 12.5. The van der Waals surface area contributed by atoms with Gasteiger partial charge in [0.1, 0.15) is 5.69 Å². The van der Waals surface area contributed by atoms with Gasteiger partial charge >= 0.3 is 0 Å². The topological polar surface area (TPSA) is 90.5 Å². The number of aryl methyl sites for hydroxylation is 1. The third-order valence-electron chi connectivity index (χ3n) is 3.79. The number of carbonyl (C=O) groups is 1. The molecule has 116 valence electrons. The number of aromatic nitrogens is 6. The van der Waals surface area contributed by atoms with Crippen LogP contribution in [0.5, 0.6) is 0 Å². The first-order chi connectivity index (χ1) is 11.2. The van der Waals surface area contributed by atoms with E-state index in [-0.39, 0.29) is 5.91 Å². The summed E-state index contributed by atoms with van der Waals surface area (Å²) in [5, 5.41) is 18.6. The molecule has 8 heteroatoms. The standard InChI is InChI=1S/C15H15N7O/c1-21-13(9-12(18-21)10-5-3-2-4-6-10)14(23)16-15-17-19-20-22(15)11-7-8-11/h2-6,9,11H,7-8H2,1H3,(H,16,17,20,23). The van der Waals surface area contributed by atoms with Crippen molar-refractivity contribution in [2.45, 2.75) is 18.9 Å². The molecule has 1 fully saturated rings. The minimum Gasteiger partial charge on any atom is -0.288 e. The molecule has 23 heavy (non-hydrogen) atoms. The Morgan fingerprint density at radius 1 is 1.26 bits per heavy atom. The van der Waals surface area contributed by atoms with Crippen molar-refractivity contribution in [1.82, 2.24) is 30.0 Å². The van der Waals surface area contributed by atoms with Crippen LogP contribution in [0.2, 0.25) is 0 Å². The fraction of sp³-hybridized carbons (Fsp3) is 0.267. The first kappa shape index (κ1) is 13.6. The van der Waals surface area contributed by atoms with Gasteiger partial charge in [0.15, 0.2) is 0 Å². The Bertz CT molecular complexity index is 848. The maximum atomic E-state index is 12.5. The molecule has 0 unspecified atom stereocenters. The van der Waals surface area contributed by atoms with E-state index in [1.807, 2.05) is 30.3 Å². The summed E-state index contributed by atoms with van der Waals surface area (Å²) in [5.41, 5.74) is 2.17. The van der Waals surface area contributed by atoms with Crippen molar-refractivity contribution >= 4 is 11.9 Å². The third kappa shape index (κ3) is 2.59. The summed E-state index contributed by atoms with van der Waals surface area (Å²) in [6.45, 7) is 0. The number of anilines is 1. The van der Waals surface area contributed by atoms with Crippen LogP contribution in [0.3, 0.4) is 0 Å². The largest absolute Gasteiger partial charge is 0.288 e. The van der Waals surface area contributed by atoms with Crippen LogP contribution < -0.4 is 5.32 Å². The number of benzene rings is 1. The summed E-state index contributed by atoms with van der Waals surface area (Å²) in [6, 6.07) is 11.8. The molecule has 0 aliphatic heterocycles. The lowest BCUT2D eigenvalue weighted by molar-refractivity contribution is 0.101. The van der Waals surface area contributed by atoms with Crippen LogP contribution in [-0.2, 0) is 7.05 Å². The number of rotatable bonds is 4. The summed E-state index contributed by atoms with van der Waals surface area (Å²) in [7, 11) is 1.74. The van der Waals surface area contributed by atoms with Gasteiger partial charge in [0.05, 0.1) is 11.7 Å². The van der Waals surface area contributed by atoms with Gasteiger partial charge in [-0.25, -0.2) is 4.68 Å². The van der Waals surface area contributed by atoms with Crippen LogP contribution in [0.4, 0.5) is 5.95 Å². The fourth-order valence-corrected chi connectivity index (χ4v) is 2.44. The maximum Gasteiger partial charge on any atom is 0.276 e. The molecule has 2 aromatic heterocycles. The highest BCUT2D eigenvalue weighted by Gasteiger charge is 2.28. The molecule has 4 rings (SSSR count). The van der Waals surface area contributed by atoms with Crippen molar-refractivity contribution in [3.8, 4) is 11.3 Å². The van der Waals surface area contributed by atoms with Gasteiger partial charge in [-0.1, -0.05) is 35.4 Å². The highest BCUT2D eigenvalue weighted by Crippen LogP contribution is 2.35. The van der Waals surface area contributed by atoms with Crippen LogP contribution in [0.15, 0.2) is 36.4 Å². The van der Waals surface area contributed by atoms with Gasteiger partial charge in [-0.15, -0.1) is 0 Å². The van der Waals surface area contributed by atoms with Gasteiger partial charge in [-0.3, -0.25) is 14.8 Å². The van der Waals surface area contributed by atoms with E-state index in [4.69, 9.17) is 0 Å². The molecule has 0 saturated heterocycles. The van der Waals surface area contributed by atoms with E-state index >= 15 is 0 Å². The molecular weight excluding hydrogens is 294 g/mol. The Kier molecular flexibility index (Phi) is 3.14. The van der Waals surface area contributed by atoms with Gasteiger partial charge in [-0.05, 0) is 29.3 Å². The molecule has 1 saturated carbocycles. The van der Waals surface area contributed by atoms with Crippen LogP contribution in [0.1, 0.15) is 29.4 Å². The summed E-state index contributed by atoms with van der Waals surface area (Å²) in [5.74, 6) is 0.0962. The summed E-state index contributed by atoms with van der Waals surface area (Å²) < 4.78 is 3.22. The van der Waals surface area contributed by atoms with Crippen molar-refractivity contribution in [1.29, 1.82) is 0 Å². The number of hydrogen-bond acceptors (Lipinski definition) is 5. The average Bonchev–Trinajstić information content (AvgIpc) is 3.18. The predicted octanol–water partition coefficient (Wildman–Crippen LogP) is 1.66. The van der Waals surface area contributed by atoms with E-state index in [1.54, 1.807) is 22.5 Å². The highest BCUT2D eigenvalue weighted by molar-refractivity contribution is 6.02. The Hall–Kier alpha value is -3.03. The number of tetrazole rings is 1.